The van der Waals surface area contributed by atoms with Gasteiger partial charge in [0, 0.05) is 13.1 Å². The number of carboxylic acids is 1. The first kappa shape index (κ1) is 15.0. The molecule has 1 heterocycles. The minimum Gasteiger partial charge on any atom is -0.478 e. The number of sulfone groups is 1. The smallest absolute Gasteiger partial charge is 0.335 e. The van der Waals surface area contributed by atoms with Crippen LogP contribution in [0.15, 0.2) is 29.2 Å². The minimum absolute atomic E-state index is 0.0755. The Balaban J connectivity index is 2.00. The van der Waals surface area contributed by atoms with Gasteiger partial charge in [-0.05, 0) is 43.1 Å². The molecular formula is C14H19NO4S. The Morgan fingerprint density at radius 3 is 2.50 bits per heavy atom. The first-order valence-electron chi connectivity index (χ1n) is 6.67. The molecule has 20 heavy (non-hydrogen) atoms. The second kappa shape index (κ2) is 5.93. The molecule has 110 valence electrons. The Bertz CT molecular complexity index is 580. The number of carbonyl (C=O) groups is 1. The molecular weight excluding hydrogens is 278 g/mol. The Hall–Kier alpha value is -1.40. The molecule has 1 fully saturated rings. The van der Waals surface area contributed by atoms with Gasteiger partial charge in [-0.1, -0.05) is 6.92 Å². The molecule has 1 aliphatic rings. The highest BCUT2D eigenvalue weighted by Crippen LogP contribution is 2.17. The van der Waals surface area contributed by atoms with Crippen LogP contribution < -0.4 is 0 Å². The molecule has 0 saturated carbocycles. The number of benzene rings is 1. The Morgan fingerprint density at radius 2 is 2.00 bits per heavy atom. The molecule has 1 aromatic rings. The lowest BCUT2D eigenvalue weighted by atomic mass is 10.2. The first-order chi connectivity index (χ1) is 9.38. The zero-order valence-electron chi connectivity index (χ0n) is 11.4. The number of likely N-dealkylation sites (tertiary alicyclic amines) is 1. The van der Waals surface area contributed by atoms with Gasteiger partial charge in [0.1, 0.15) is 0 Å². The average molecular weight is 297 g/mol. The van der Waals surface area contributed by atoms with Crippen LogP contribution >= 0.6 is 0 Å². The number of aromatic carboxylic acids is 1. The maximum Gasteiger partial charge on any atom is 0.335 e. The lowest BCUT2D eigenvalue weighted by Gasteiger charge is -2.15. The standard InChI is InChI=1S/C14H19NO4S/c1-11-6-7-15(10-11)8-9-20(18,19)13-4-2-12(3-5-13)14(16)17/h2-5,11H,6-10H2,1H3,(H,16,17). The predicted octanol–water partition coefficient (Wildman–Crippen LogP) is 1.50. The van der Waals surface area contributed by atoms with E-state index in [0.717, 1.165) is 19.5 Å². The summed E-state index contributed by atoms with van der Waals surface area (Å²) in [4.78, 5) is 13.1. The number of hydrogen-bond acceptors (Lipinski definition) is 4. The summed E-state index contributed by atoms with van der Waals surface area (Å²) in [6.45, 7) is 4.61. The number of rotatable bonds is 5. The monoisotopic (exact) mass is 297 g/mol. The summed E-state index contributed by atoms with van der Waals surface area (Å²) >= 11 is 0. The fraction of sp³-hybridized carbons (Fsp3) is 0.500. The molecule has 5 nitrogen and oxygen atoms in total. The van der Waals surface area contributed by atoms with E-state index in [0.29, 0.717) is 12.5 Å². The van der Waals surface area contributed by atoms with Crippen molar-refractivity contribution in [2.45, 2.75) is 18.2 Å². The molecule has 1 N–H and O–H groups in total. The van der Waals surface area contributed by atoms with Crippen molar-refractivity contribution in [3.8, 4) is 0 Å². The molecule has 0 radical (unpaired) electrons. The second-order valence-electron chi connectivity index (χ2n) is 5.34. The molecule has 1 aromatic carbocycles. The van der Waals surface area contributed by atoms with Gasteiger partial charge in [0.25, 0.3) is 0 Å². The summed E-state index contributed by atoms with van der Waals surface area (Å²) in [6.07, 6.45) is 1.12. The summed E-state index contributed by atoms with van der Waals surface area (Å²) in [5.41, 5.74) is 0.0947. The first-order valence-corrected chi connectivity index (χ1v) is 8.32. The molecule has 1 atom stereocenters. The van der Waals surface area contributed by atoms with E-state index in [-0.39, 0.29) is 16.2 Å². The third kappa shape index (κ3) is 3.58. The SMILES string of the molecule is CC1CCN(CCS(=O)(=O)c2ccc(C(=O)O)cc2)C1. The van der Waals surface area contributed by atoms with E-state index in [4.69, 9.17) is 5.11 Å². The van der Waals surface area contributed by atoms with E-state index in [1.165, 1.54) is 24.3 Å². The molecule has 2 rings (SSSR count). The Kier molecular flexibility index (Phi) is 4.45. The van der Waals surface area contributed by atoms with Crippen molar-refractivity contribution in [3.63, 3.8) is 0 Å². The number of carboxylic acid groups (broad SMARTS) is 1. The molecule has 0 aromatic heterocycles. The number of nitrogens with zero attached hydrogens (tertiary/aromatic N) is 1. The Labute approximate surface area is 119 Å². The van der Waals surface area contributed by atoms with E-state index >= 15 is 0 Å². The van der Waals surface area contributed by atoms with Crippen LogP contribution in [0.3, 0.4) is 0 Å². The predicted molar refractivity (Wildman–Crippen MR) is 75.7 cm³/mol. The fourth-order valence-corrected chi connectivity index (χ4v) is 3.69. The summed E-state index contributed by atoms with van der Waals surface area (Å²) in [7, 11) is -3.34. The molecule has 1 unspecified atom stereocenters. The zero-order valence-corrected chi connectivity index (χ0v) is 12.3. The molecule has 1 aliphatic heterocycles. The highest BCUT2D eigenvalue weighted by Gasteiger charge is 2.22. The molecule has 6 heteroatoms. The van der Waals surface area contributed by atoms with Crippen LogP contribution in [-0.4, -0.2) is 49.8 Å². The largest absolute Gasteiger partial charge is 0.478 e. The molecule has 0 amide bonds. The van der Waals surface area contributed by atoms with Crippen molar-refractivity contribution in [1.82, 2.24) is 4.90 Å². The van der Waals surface area contributed by atoms with E-state index < -0.39 is 15.8 Å². The van der Waals surface area contributed by atoms with Gasteiger partial charge in [-0.2, -0.15) is 0 Å². The van der Waals surface area contributed by atoms with Crippen LogP contribution in [-0.2, 0) is 9.84 Å². The van der Waals surface area contributed by atoms with Crippen LogP contribution in [0, 0.1) is 5.92 Å². The van der Waals surface area contributed by atoms with Gasteiger partial charge in [0.2, 0.25) is 0 Å². The highest BCUT2D eigenvalue weighted by molar-refractivity contribution is 7.91. The maximum absolute atomic E-state index is 12.2. The zero-order chi connectivity index (χ0) is 14.8. The molecule has 0 aliphatic carbocycles. The molecule has 1 saturated heterocycles. The van der Waals surface area contributed by atoms with Crippen LogP contribution in [0.2, 0.25) is 0 Å². The van der Waals surface area contributed by atoms with Gasteiger partial charge in [-0.25, -0.2) is 13.2 Å². The normalized spacial score (nSPS) is 20.1. The average Bonchev–Trinajstić information content (AvgIpc) is 2.82. The van der Waals surface area contributed by atoms with Crippen molar-refractivity contribution in [2.75, 3.05) is 25.4 Å². The van der Waals surface area contributed by atoms with Crippen molar-refractivity contribution in [3.05, 3.63) is 29.8 Å². The lowest BCUT2D eigenvalue weighted by Crippen LogP contribution is -2.27. The van der Waals surface area contributed by atoms with Crippen molar-refractivity contribution < 1.29 is 18.3 Å². The van der Waals surface area contributed by atoms with Gasteiger partial charge < -0.3 is 10.0 Å². The summed E-state index contributed by atoms with van der Waals surface area (Å²) in [6, 6.07) is 5.39. The third-order valence-corrected chi connectivity index (χ3v) is 5.36. The topological polar surface area (TPSA) is 74.7 Å². The van der Waals surface area contributed by atoms with E-state index in [2.05, 4.69) is 11.8 Å². The van der Waals surface area contributed by atoms with Gasteiger partial charge in [0.15, 0.2) is 9.84 Å². The van der Waals surface area contributed by atoms with Crippen LogP contribution in [0.4, 0.5) is 0 Å². The van der Waals surface area contributed by atoms with Crippen molar-refractivity contribution in [1.29, 1.82) is 0 Å². The quantitative estimate of drug-likeness (QED) is 0.891. The molecule has 0 bridgehead atoms. The van der Waals surface area contributed by atoms with Gasteiger partial charge in [-0.15, -0.1) is 0 Å². The van der Waals surface area contributed by atoms with E-state index in [1.807, 2.05) is 0 Å². The maximum atomic E-state index is 12.2. The summed E-state index contributed by atoms with van der Waals surface area (Å²) in [5.74, 6) is -0.348. The van der Waals surface area contributed by atoms with Crippen molar-refractivity contribution >= 4 is 15.8 Å². The molecule has 0 spiro atoms. The Morgan fingerprint density at radius 1 is 1.35 bits per heavy atom. The number of hydrogen-bond donors (Lipinski definition) is 1. The van der Waals surface area contributed by atoms with Gasteiger partial charge >= 0.3 is 5.97 Å². The fourth-order valence-electron chi connectivity index (χ4n) is 2.40. The van der Waals surface area contributed by atoms with Crippen LogP contribution in [0.25, 0.3) is 0 Å². The minimum atomic E-state index is -3.34. The summed E-state index contributed by atoms with van der Waals surface area (Å²) in [5, 5.41) is 8.79. The van der Waals surface area contributed by atoms with E-state index in [9.17, 15) is 13.2 Å². The lowest BCUT2D eigenvalue weighted by molar-refractivity contribution is 0.0696. The van der Waals surface area contributed by atoms with Gasteiger partial charge in [0.05, 0.1) is 16.2 Å². The van der Waals surface area contributed by atoms with Crippen LogP contribution in [0.5, 0.6) is 0 Å². The van der Waals surface area contributed by atoms with Gasteiger partial charge in [-0.3, -0.25) is 0 Å². The van der Waals surface area contributed by atoms with Crippen LogP contribution in [0.1, 0.15) is 23.7 Å². The van der Waals surface area contributed by atoms with Crippen molar-refractivity contribution in [2.24, 2.45) is 5.92 Å². The summed E-state index contributed by atoms with van der Waals surface area (Å²) < 4.78 is 24.4. The highest BCUT2D eigenvalue weighted by atomic mass is 32.2. The second-order valence-corrected chi connectivity index (χ2v) is 7.45. The third-order valence-electron chi connectivity index (χ3n) is 3.64. The van der Waals surface area contributed by atoms with E-state index in [1.54, 1.807) is 0 Å².